The molecule has 1 aliphatic heterocycles. The van der Waals surface area contributed by atoms with Crippen molar-refractivity contribution in [3.05, 3.63) is 0 Å². The molecule has 0 radical (unpaired) electrons. The number of piperazine rings is 1. The highest BCUT2D eigenvalue weighted by Crippen LogP contribution is 2.06. The zero-order valence-corrected chi connectivity index (χ0v) is 9.78. The van der Waals surface area contributed by atoms with Crippen molar-refractivity contribution in [3.8, 4) is 0 Å². The predicted octanol–water partition coefficient (Wildman–Crippen LogP) is 0.877. The predicted molar refractivity (Wildman–Crippen MR) is 60.0 cm³/mol. The van der Waals surface area contributed by atoms with Gasteiger partial charge in [0.25, 0.3) is 0 Å². The minimum atomic E-state index is -0.684. The second-order valence-corrected chi connectivity index (χ2v) is 4.47. The Morgan fingerprint density at radius 3 is 2.33 bits per heavy atom. The minimum Gasteiger partial charge on any atom is -0.481 e. The molecular weight excluding hydrogens is 192 g/mol. The molecule has 0 aromatic heterocycles. The number of hydrogen-bond acceptors (Lipinski definition) is 3. The molecule has 0 atom stereocenters. The molecule has 4 nitrogen and oxygen atoms in total. The monoisotopic (exact) mass is 214 g/mol. The molecule has 1 N–H and O–H groups in total. The van der Waals surface area contributed by atoms with Crippen LogP contribution in [0.2, 0.25) is 0 Å². The summed E-state index contributed by atoms with van der Waals surface area (Å²) in [6.07, 6.45) is 1.07. The lowest BCUT2D eigenvalue weighted by Gasteiger charge is -2.36. The van der Waals surface area contributed by atoms with Crippen molar-refractivity contribution >= 4 is 5.97 Å². The molecule has 0 aliphatic carbocycles. The topological polar surface area (TPSA) is 43.8 Å². The van der Waals surface area contributed by atoms with Crippen LogP contribution in [0.25, 0.3) is 0 Å². The van der Waals surface area contributed by atoms with Crippen LogP contribution in [0.15, 0.2) is 0 Å². The van der Waals surface area contributed by atoms with Gasteiger partial charge in [-0.1, -0.05) is 0 Å². The molecule has 0 bridgehead atoms. The molecule has 1 saturated heterocycles. The van der Waals surface area contributed by atoms with Crippen LogP contribution < -0.4 is 0 Å². The van der Waals surface area contributed by atoms with Gasteiger partial charge < -0.3 is 10.0 Å². The van der Waals surface area contributed by atoms with Crippen molar-refractivity contribution < 1.29 is 9.90 Å². The molecule has 4 heteroatoms. The molecule has 1 aliphatic rings. The summed E-state index contributed by atoms with van der Waals surface area (Å²) in [4.78, 5) is 15.2. The van der Waals surface area contributed by atoms with E-state index in [0.29, 0.717) is 12.5 Å². The zero-order valence-electron chi connectivity index (χ0n) is 9.78. The van der Waals surface area contributed by atoms with Gasteiger partial charge in [-0.3, -0.25) is 9.69 Å². The van der Waals surface area contributed by atoms with Crippen LogP contribution in [0, 0.1) is 0 Å². The fourth-order valence-electron chi connectivity index (χ4n) is 1.96. The summed E-state index contributed by atoms with van der Waals surface area (Å²) in [5.74, 6) is -0.684. The van der Waals surface area contributed by atoms with E-state index in [0.717, 1.165) is 39.1 Å². The van der Waals surface area contributed by atoms with Gasteiger partial charge in [-0.25, -0.2) is 0 Å². The fourth-order valence-corrected chi connectivity index (χ4v) is 1.96. The van der Waals surface area contributed by atoms with Gasteiger partial charge in [0.1, 0.15) is 0 Å². The van der Waals surface area contributed by atoms with Gasteiger partial charge in [-0.2, -0.15) is 0 Å². The molecule has 0 aromatic rings. The van der Waals surface area contributed by atoms with Crippen LogP contribution in [0.3, 0.4) is 0 Å². The summed E-state index contributed by atoms with van der Waals surface area (Å²) in [6.45, 7) is 9.77. The first-order valence-electron chi connectivity index (χ1n) is 5.78. The number of carbonyl (C=O) groups is 1. The Labute approximate surface area is 91.9 Å². The second kappa shape index (κ2) is 6.08. The molecule has 1 fully saturated rings. The molecule has 1 rings (SSSR count). The Balaban J connectivity index is 2.12. The fraction of sp³-hybridized carbons (Fsp3) is 0.909. The molecule has 0 spiro atoms. The van der Waals surface area contributed by atoms with E-state index in [9.17, 15) is 4.79 Å². The van der Waals surface area contributed by atoms with Crippen molar-refractivity contribution in [2.45, 2.75) is 32.7 Å². The van der Waals surface area contributed by atoms with Gasteiger partial charge in [-0.15, -0.1) is 0 Å². The Kier molecular flexibility index (Phi) is 5.05. The second-order valence-electron chi connectivity index (χ2n) is 4.47. The summed E-state index contributed by atoms with van der Waals surface area (Å²) in [5.41, 5.74) is 0. The van der Waals surface area contributed by atoms with E-state index in [2.05, 4.69) is 23.6 Å². The highest BCUT2D eigenvalue weighted by molar-refractivity contribution is 5.66. The molecule has 88 valence electrons. The van der Waals surface area contributed by atoms with Crippen molar-refractivity contribution in [2.24, 2.45) is 0 Å². The van der Waals surface area contributed by atoms with Gasteiger partial charge in [0, 0.05) is 38.6 Å². The number of aliphatic carboxylic acids is 1. The van der Waals surface area contributed by atoms with Crippen LogP contribution in [0.1, 0.15) is 26.7 Å². The molecule has 0 aromatic carbocycles. The maximum Gasteiger partial charge on any atom is 0.303 e. The van der Waals surface area contributed by atoms with Crippen LogP contribution >= 0.6 is 0 Å². The average molecular weight is 214 g/mol. The third-order valence-corrected chi connectivity index (χ3v) is 3.00. The van der Waals surface area contributed by atoms with Crippen molar-refractivity contribution in [1.82, 2.24) is 9.80 Å². The number of carboxylic acids is 1. The van der Waals surface area contributed by atoms with Gasteiger partial charge in [0.2, 0.25) is 0 Å². The molecule has 0 amide bonds. The van der Waals surface area contributed by atoms with E-state index in [1.807, 2.05) is 0 Å². The first-order valence-corrected chi connectivity index (χ1v) is 5.78. The van der Waals surface area contributed by atoms with E-state index in [1.54, 1.807) is 0 Å². The summed E-state index contributed by atoms with van der Waals surface area (Å²) < 4.78 is 0. The Hall–Kier alpha value is -0.610. The van der Waals surface area contributed by atoms with E-state index in [-0.39, 0.29) is 0 Å². The van der Waals surface area contributed by atoms with E-state index in [4.69, 9.17) is 5.11 Å². The maximum absolute atomic E-state index is 10.4. The summed E-state index contributed by atoms with van der Waals surface area (Å²) in [5, 5.41) is 8.53. The highest BCUT2D eigenvalue weighted by atomic mass is 16.4. The third kappa shape index (κ3) is 4.62. The smallest absolute Gasteiger partial charge is 0.303 e. The van der Waals surface area contributed by atoms with E-state index >= 15 is 0 Å². The van der Waals surface area contributed by atoms with Crippen molar-refractivity contribution in [1.29, 1.82) is 0 Å². The van der Waals surface area contributed by atoms with Crippen LogP contribution in [0.5, 0.6) is 0 Å². The Morgan fingerprint density at radius 2 is 1.87 bits per heavy atom. The van der Waals surface area contributed by atoms with Crippen molar-refractivity contribution in [3.63, 3.8) is 0 Å². The minimum absolute atomic E-state index is 0.296. The first kappa shape index (κ1) is 12.5. The van der Waals surface area contributed by atoms with Crippen molar-refractivity contribution in [2.75, 3.05) is 32.7 Å². The maximum atomic E-state index is 10.4. The number of carboxylic acid groups (broad SMARTS) is 1. The molecule has 0 saturated carbocycles. The molecule has 15 heavy (non-hydrogen) atoms. The van der Waals surface area contributed by atoms with Crippen LogP contribution in [-0.4, -0.2) is 59.6 Å². The molecular formula is C11H22N2O2. The lowest BCUT2D eigenvalue weighted by atomic mass is 10.2. The third-order valence-electron chi connectivity index (χ3n) is 3.00. The van der Waals surface area contributed by atoms with Crippen LogP contribution in [-0.2, 0) is 4.79 Å². The van der Waals surface area contributed by atoms with E-state index in [1.165, 1.54) is 0 Å². The molecule has 1 heterocycles. The Bertz CT molecular complexity index is 199. The lowest BCUT2D eigenvalue weighted by molar-refractivity contribution is -0.137. The summed E-state index contributed by atoms with van der Waals surface area (Å²) >= 11 is 0. The average Bonchev–Trinajstić information content (AvgIpc) is 2.18. The zero-order chi connectivity index (χ0) is 11.3. The standard InChI is InChI=1S/C11H22N2O2/c1-10(2)13-8-6-12(7-9-13)5-3-4-11(14)15/h10H,3-9H2,1-2H3,(H,14,15). The quantitative estimate of drug-likeness (QED) is 0.738. The van der Waals surface area contributed by atoms with Gasteiger partial charge >= 0.3 is 5.97 Å². The summed E-state index contributed by atoms with van der Waals surface area (Å²) in [7, 11) is 0. The Morgan fingerprint density at radius 1 is 1.27 bits per heavy atom. The van der Waals surface area contributed by atoms with Gasteiger partial charge in [0.05, 0.1) is 0 Å². The molecule has 0 unspecified atom stereocenters. The number of hydrogen-bond donors (Lipinski definition) is 1. The largest absolute Gasteiger partial charge is 0.481 e. The number of nitrogens with zero attached hydrogens (tertiary/aromatic N) is 2. The lowest BCUT2D eigenvalue weighted by Crippen LogP contribution is -2.48. The first-order chi connectivity index (χ1) is 7.09. The normalized spacial score (nSPS) is 19.7. The highest BCUT2D eigenvalue weighted by Gasteiger charge is 2.18. The summed E-state index contributed by atoms with van der Waals surface area (Å²) in [6, 6.07) is 0.631. The van der Waals surface area contributed by atoms with Gasteiger partial charge in [0.15, 0.2) is 0 Å². The SMILES string of the molecule is CC(C)N1CCN(CCCC(=O)O)CC1. The van der Waals surface area contributed by atoms with Gasteiger partial charge in [-0.05, 0) is 26.8 Å². The van der Waals surface area contributed by atoms with Crippen LogP contribution in [0.4, 0.5) is 0 Å². The number of rotatable bonds is 5. The van der Waals surface area contributed by atoms with E-state index < -0.39 is 5.97 Å².